The van der Waals surface area contributed by atoms with Crippen LogP contribution in [0.15, 0.2) is 59.1 Å². The van der Waals surface area contributed by atoms with Crippen molar-refractivity contribution < 1.29 is 23.8 Å². The van der Waals surface area contributed by atoms with Gasteiger partial charge in [0.15, 0.2) is 0 Å². The third-order valence-corrected chi connectivity index (χ3v) is 5.09. The first-order valence-corrected chi connectivity index (χ1v) is 10.6. The maximum Gasteiger partial charge on any atom is 0.420 e. The molecular weight excluding hydrogens is 450 g/mol. The Balaban J connectivity index is 1.74. The van der Waals surface area contributed by atoms with E-state index in [9.17, 15) is 9.59 Å². The van der Waals surface area contributed by atoms with E-state index < -0.39 is 29.9 Å². The van der Waals surface area contributed by atoms with Crippen molar-refractivity contribution in [1.82, 2.24) is 4.90 Å². The highest BCUT2D eigenvalue weighted by molar-refractivity contribution is 9.10. The Bertz CT molecular complexity index is 863. The lowest BCUT2D eigenvalue weighted by molar-refractivity contribution is 0.0247. The minimum Gasteiger partial charge on any atom is -0.443 e. The molecule has 7 heteroatoms. The van der Waals surface area contributed by atoms with Crippen molar-refractivity contribution in [3.63, 3.8) is 0 Å². The lowest BCUT2D eigenvalue weighted by atomic mass is 10.00. The number of rotatable bonds is 6. The maximum atomic E-state index is 12.7. The minimum atomic E-state index is -0.721. The smallest absolute Gasteiger partial charge is 0.420 e. The van der Waals surface area contributed by atoms with Crippen LogP contribution in [0.5, 0.6) is 0 Å². The number of amides is 2. The SMILES string of the molecule is CC(C)(C)OC(=O)N1C(=O)OC(c2ccc(Br)cc2)C1CCOCc1ccccc1. The molecule has 2 aromatic rings. The van der Waals surface area contributed by atoms with E-state index in [0.717, 1.165) is 20.5 Å². The van der Waals surface area contributed by atoms with Gasteiger partial charge in [0.2, 0.25) is 0 Å². The first-order chi connectivity index (χ1) is 14.2. The standard InChI is InChI=1S/C23H26BrNO5/c1-23(2,3)30-22(27)25-19(13-14-28-15-16-7-5-4-6-8-16)20(29-21(25)26)17-9-11-18(24)12-10-17/h4-12,19-20H,13-15H2,1-3H3. The molecule has 3 rings (SSSR count). The molecule has 6 nitrogen and oxygen atoms in total. The van der Waals surface area contributed by atoms with Crippen LogP contribution in [0.1, 0.15) is 44.4 Å². The second kappa shape index (κ2) is 9.62. The van der Waals surface area contributed by atoms with Crippen LogP contribution in [0.4, 0.5) is 9.59 Å². The molecule has 0 radical (unpaired) electrons. The predicted octanol–water partition coefficient (Wildman–Crippen LogP) is 5.85. The summed E-state index contributed by atoms with van der Waals surface area (Å²) < 4.78 is 17.7. The number of hydrogen-bond acceptors (Lipinski definition) is 5. The molecule has 1 fully saturated rings. The molecule has 0 saturated carbocycles. The summed E-state index contributed by atoms with van der Waals surface area (Å²) in [4.78, 5) is 26.4. The first kappa shape index (κ1) is 22.3. The molecule has 2 unspecified atom stereocenters. The summed E-state index contributed by atoms with van der Waals surface area (Å²) in [6, 6.07) is 16.8. The molecule has 2 atom stereocenters. The normalized spacial score (nSPS) is 18.9. The number of benzene rings is 2. The molecule has 0 spiro atoms. The van der Waals surface area contributed by atoms with Crippen LogP contribution in [-0.2, 0) is 20.8 Å². The number of carbonyl (C=O) groups is 2. The van der Waals surface area contributed by atoms with E-state index in [0.29, 0.717) is 19.6 Å². The third-order valence-electron chi connectivity index (χ3n) is 4.56. The molecule has 0 aliphatic carbocycles. The molecule has 1 saturated heterocycles. The van der Waals surface area contributed by atoms with Crippen LogP contribution in [-0.4, -0.2) is 35.3 Å². The Kier molecular flexibility index (Phi) is 7.15. The van der Waals surface area contributed by atoms with Gasteiger partial charge in [0, 0.05) is 11.1 Å². The zero-order valence-electron chi connectivity index (χ0n) is 17.3. The minimum absolute atomic E-state index is 0.364. The van der Waals surface area contributed by atoms with Crippen LogP contribution < -0.4 is 0 Å². The highest BCUT2D eigenvalue weighted by Gasteiger charge is 2.47. The van der Waals surface area contributed by atoms with E-state index in [-0.39, 0.29) is 0 Å². The van der Waals surface area contributed by atoms with Crippen molar-refractivity contribution in [2.75, 3.05) is 6.61 Å². The molecule has 0 bridgehead atoms. The molecule has 1 aliphatic heterocycles. The number of ether oxygens (including phenoxy) is 3. The second-order valence-electron chi connectivity index (χ2n) is 8.10. The van der Waals surface area contributed by atoms with Crippen molar-refractivity contribution in [3.05, 3.63) is 70.2 Å². The molecule has 1 aliphatic rings. The molecule has 160 valence electrons. The third kappa shape index (κ3) is 5.83. The van der Waals surface area contributed by atoms with Crippen molar-refractivity contribution >= 4 is 28.1 Å². The van der Waals surface area contributed by atoms with E-state index in [1.807, 2.05) is 54.6 Å². The monoisotopic (exact) mass is 475 g/mol. The quantitative estimate of drug-likeness (QED) is 0.490. The number of nitrogens with zero attached hydrogens (tertiary/aromatic N) is 1. The number of imide groups is 1. The molecule has 30 heavy (non-hydrogen) atoms. The summed E-state index contributed by atoms with van der Waals surface area (Å²) in [7, 11) is 0. The van der Waals surface area contributed by atoms with Gasteiger partial charge in [0.25, 0.3) is 0 Å². The lowest BCUT2D eigenvalue weighted by Crippen LogP contribution is -2.43. The molecule has 1 heterocycles. The fraction of sp³-hybridized carbons (Fsp3) is 0.391. The highest BCUT2D eigenvalue weighted by Crippen LogP contribution is 2.36. The average Bonchev–Trinajstić information content (AvgIpc) is 3.01. The van der Waals surface area contributed by atoms with Crippen LogP contribution in [0.3, 0.4) is 0 Å². The number of halogens is 1. The van der Waals surface area contributed by atoms with Gasteiger partial charge in [-0.05, 0) is 50.5 Å². The largest absolute Gasteiger partial charge is 0.443 e. The predicted molar refractivity (Wildman–Crippen MR) is 116 cm³/mol. The fourth-order valence-corrected chi connectivity index (χ4v) is 3.49. The summed E-state index contributed by atoms with van der Waals surface area (Å²) in [6.07, 6.45) is -1.57. The number of hydrogen-bond donors (Lipinski definition) is 0. The second-order valence-corrected chi connectivity index (χ2v) is 9.02. The van der Waals surface area contributed by atoms with Crippen LogP contribution >= 0.6 is 15.9 Å². The molecule has 2 amide bonds. The Morgan fingerprint density at radius 1 is 1.10 bits per heavy atom. The van der Waals surface area contributed by atoms with Crippen LogP contribution in [0.25, 0.3) is 0 Å². The van der Waals surface area contributed by atoms with E-state index in [1.54, 1.807) is 20.8 Å². The Morgan fingerprint density at radius 2 is 1.77 bits per heavy atom. The summed E-state index contributed by atoms with van der Waals surface area (Å²) in [6.45, 7) is 6.10. The number of cyclic esters (lactones) is 1. The molecule has 0 aromatic heterocycles. The average molecular weight is 476 g/mol. The summed E-state index contributed by atoms with van der Waals surface area (Å²) in [5, 5.41) is 0. The van der Waals surface area contributed by atoms with Crippen molar-refractivity contribution in [3.8, 4) is 0 Å². The molecule has 2 aromatic carbocycles. The topological polar surface area (TPSA) is 65.1 Å². The van der Waals surface area contributed by atoms with Crippen LogP contribution in [0.2, 0.25) is 0 Å². The van der Waals surface area contributed by atoms with Crippen molar-refractivity contribution in [1.29, 1.82) is 0 Å². The number of carbonyl (C=O) groups excluding carboxylic acids is 2. The zero-order chi connectivity index (χ0) is 21.7. The molecular formula is C23H26BrNO5. The van der Waals surface area contributed by atoms with Gasteiger partial charge in [-0.2, -0.15) is 0 Å². The van der Waals surface area contributed by atoms with Gasteiger partial charge in [-0.3, -0.25) is 0 Å². The summed E-state index contributed by atoms with van der Waals surface area (Å²) in [5.74, 6) is 0. The Labute approximate surface area is 185 Å². The summed E-state index contributed by atoms with van der Waals surface area (Å²) in [5.41, 5.74) is 1.15. The van der Waals surface area contributed by atoms with E-state index in [4.69, 9.17) is 14.2 Å². The summed E-state index contributed by atoms with van der Waals surface area (Å²) >= 11 is 3.41. The van der Waals surface area contributed by atoms with Gasteiger partial charge in [-0.25, -0.2) is 14.5 Å². The maximum absolute atomic E-state index is 12.7. The van der Waals surface area contributed by atoms with Gasteiger partial charge in [-0.1, -0.05) is 58.4 Å². The van der Waals surface area contributed by atoms with Crippen molar-refractivity contribution in [2.24, 2.45) is 0 Å². The fourth-order valence-electron chi connectivity index (χ4n) is 3.23. The van der Waals surface area contributed by atoms with Crippen LogP contribution in [0, 0.1) is 0 Å². The zero-order valence-corrected chi connectivity index (χ0v) is 18.9. The van der Waals surface area contributed by atoms with Gasteiger partial charge in [0.05, 0.1) is 12.6 Å². The van der Waals surface area contributed by atoms with Gasteiger partial charge in [-0.15, -0.1) is 0 Å². The van der Waals surface area contributed by atoms with Gasteiger partial charge >= 0.3 is 12.2 Å². The van der Waals surface area contributed by atoms with Gasteiger partial charge in [0.1, 0.15) is 11.7 Å². The van der Waals surface area contributed by atoms with Crippen molar-refractivity contribution in [2.45, 2.75) is 51.5 Å². The highest BCUT2D eigenvalue weighted by atomic mass is 79.9. The Hall–Kier alpha value is -2.38. The van der Waals surface area contributed by atoms with Gasteiger partial charge < -0.3 is 14.2 Å². The van der Waals surface area contributed by atoms with E-state index in [2.05, 4.69) is 15.9 Å². The van der Waals surface area contributed by atoms with E-state index in [1.165, 1.54) is 0 Å². The van der Waals surface area contributed by atoms with E-state index >= 15 is 0 Å². The first-order valence-electron chi connectivity index (χ1n) is 9.84. The Morgan fingerprint density at radius 3 is 2.40 bits per heavy atom. The molecule has 0 N–H and O–H groups in total. The lowest BCUT2D eigenvalue weighted by Gasteiger charge is -2.27.